The van der Waals surface area contributed by atoms with Crippen LogP contribution in [0.3, 0.4) is 0 Å². The fourth-order valence-corrected chi connectivity index (χ4v) is 4.90. The molecular formula is C36H30N6. The van der Waals surface area contributed by atoms with Gasteiger partial charge in [-0.1, -0.05) is 84.9 Å². The molecule has 0 aliphatic carbocycles. The van der Waals surface area contributed by atoms with Crippen LogP contribution >= 0.6 is 0 Å². The lowest BCUT2D eigenvalue weighted by molar-refractivity contribution is 1.24. The maximum Gasteiger partial charge on any atom is 0.0936 e. The predicted molar refractivity (Wildman–Crippen MR) is 177 cm³/mol. The van der Waals surface area contributed by atoms with Crippen LogP contribution in [-0.2, 0) is 0 Å². The minimum absolute atomic E-state index is 0.803. The largest absolute Gasteiger partial charge is 0.388 e. The molecule has 6 aromatic rings. The molecule has 0 radical (unpaired) electrons. The molecule has 0 heterocycles. The monoisotopic (exact) mass is 546 g/mol. The first-order chi connectivity index (χ1) is 20.7. The Bertz CT molecular complexity index is 1790. The molecule has 0 aliphatic heterocycles. The Morgan fingerprint density at radius 2 is 0.786 bits per heavy atom. The molecule has 0 saturated carbocycles. The second-order valence-corrected chi connectivity index (χ2v) is 9.77. The summed E-state index contributed by atoms with van der Waals surface area (Å²) in [5.41, 5.74) is 7.60. The highest BCUT2D eigenvalue weighted by Gasteiger charge is 2.05. The van der Waals surface area contributed by atoms with Crippen LogP contribution in [0.25, 0.3) is 33.7 Å². The number of rotatable bonds is 8. The van der Waals surface area contributed by atoms with E-state index in [9.17, 15) is 0 Å². The summed E-state index contributed by atoms with van der Waals surface area (Å²) < 4.78 is 0. The molecule has 0 unspecified atom stereocenters. The number of benzene rings is 6. The average molecular weight is 547 g/mol. The number of anilines is 2. The van der Waals surface area contributed by atoms with Crippen molar-refractivity contribution in [2.75, 3.05) is 24.7 Å². The van der Waals surface area contributed by atoms with Gasteiger partial charge in [0.1, 0.15) is 0 Å². The van der Waals surface area contributed by atoms with E-state index < -0.39 is 0 Å². The molecule has 6 nitrogen and oxygen atoms in total. The summed E-state index contributed by atoms with van der Waals surface area (Å²) in [7, 11) is 3.85. The van der Waals surface area contributed by atoms with Crippen molar-refractivity contribution in [3.63, 3.8) is 0 Å². The van der Waals surface area contributed by atoms with Crippen molar-refractivity contribution in [2.24, 2.45) is 20.5 Å². The zero-order valence-electron chi connectivity index (χ0n) is 23.5. The summed E-state index contributed by atoms with van der Waals surface area (Å²) in [5, 5.41) is 28.9. The van der Waals surface area contributed by atoms with Gasteiger partial charge >= 0.3 is 0 Å². The Balaban J connectivity index is 1.12. The van der Waals surface area contributed by atoms with E-state index in [2.05, 4.69) is 67.5 Å². The van der Waals surface area contributed by atoms with Gasteiger partial charge in [0.2, 0.25) is 0 Å². The molecule has 0 bridgehead atoms. The number of azo groups is 2. The molecule has 0 fully saturated rings. The van der Waals surface area contributed by atoms with Crippen molar-refractivity contribution < 1.29 is 0 Å². The van der Waals surface area contributed by atoms with Gasteiger partial charge in [0.15, 0.2) is 0 Å². The number of hydrogen-bond donors (Lipinski definition) is 2. The molecule has 6 heteroatoms. The minimum Gasteiger partial charge on any atom is -0.388 e. The number of fused-ring (bicyclic) bond motifs is 2. The molecule has 2 N–H and O–H groups in total. The highest BCUT2D eigenvalue weighted by molar-refractivity contribution is 6.01. The SMILES string of the molecule is CNc1ccc(N=Nc2ccc(C=Cc3ccc(N=Nc4ccc(NC)c5ccccc45)cc3)cc2)c2ccccc12. The van der Waals surface area contributed by atoms with Crippen LogP contribution in [0.15, 0.2) is 142 Å². The Labute approximate surface area is 245 Å². The van der Waals surface area contributed by atoms with Crippen molar-refractivity contribution in [3.05, 3.63) is 132 Å². The van der Waals surface area contributed by atoms with Crippen LogP contribution < -0.4 is 10.6 Å². The highest BCUT2D eigenvalue weighted by Crippen LogP contribution is 2.34. The van der Waals surface area contributed by atoms with Crippen molar-refractivity contribution in [2.45, 2.75) is 0 Å². The minimum atomic E-state index is 0.803. The van der Waals surface area contributed by atoms with E-state index in [-0.39, 0.29) is 0 Å². The van der Waals surface area contributed by atoms with Gasteiger partial charge in [-0.25, -0.2) is 0 Å². The fourth-order valence-electron chi connectivity index (χ4n) is 4.90. The Morgan fingerprint density at radius 1 is 0.405 bits per heavy atom. The standard InChI is InChI=1S/C36H30N6/c1-37-33-21-23-35(31-9-5-3-7-29(31)33)41-39-27-17-13-25(14-18-27)11-12-26-15-19-28(20-16-26)40-42-36-24-22-34(38-2)30-8-4-6-10-32(30)36/h3-24,37-38H,1-2H3. The van der Waals surface area contributed by atoms with Crippen LogP contribution in [-0.4, -0.2) is 14.1 Å². The number of hydrogen-bond acceptors (Lipinski definition) is 6. The summed E-state index contributed by atoms with van der Waals surface area (Å²) in [4.78, 5) is 0. The molecule has 0 aliphatic rings. The van der Waals surface area contributed by atoms with Gasteiger partial charge in [-0.2, -0.15) is 10.2 Å². The zero-order valence-corrected chi connectivity index (χ0v) is 23.5. The third-order valence-electron chi connectivity index (χ3n) is 7.14. The first-order valence-corrected chi connectivity index (χ1v) is 13.8. The summed E-state index contributed by atoms with van der Waals surface area (Å²) >= 11 is 0. The van der Waals surface area contributed by atoms with E-state index in [4.69, 9.17) is 0 Å². The lowest BCUT2D eigenvalue weighted by atomic mass is 10.1. The van der Waals surface area contributed by atoms with Crippen LogP contribution in [0.1, 0.15) is 11.1 Å². The van der Waals surface area contributed by atoms with Crippen molar-refractivity contribution in [1.29, 1.82) is 0 Å². The summed E-state index contributed by atoms with van der Waals surface area (Å²) in [6, 6.07) is 40.5. The Kier molecular flexibility index (Phi) is 7.77. The normalized spacial score (nSPS) is 11.8. The van der Waals surface area contributed by atoms with E-state index in [1.165, 1.54) is 0 Å². The molecule has 6 aromatic carbocycles. The summed E-state index contributed by atoms with van der Waals surface area (Å²) in [6.07, 6.45) is 4.16. The maximum atomic E-state index is 4.53. The third-order valence-corrected chi connectivity index (χ3v) is 7.14. The molecule has 0 saturated heterocycles. The molecule has 0 spiro atoms. The molecule has 0 aromatic heterocycles. The second kappa shape index (κ2) is 12.3. The number of nitrogens with zero attached hydrogens (tertiary/aromatic N) is 4. The first kappa shape index (κ1) is 26.6. The lowest BCUT2D eigenvalue weighted by Crippen LogP contribution is -1.88. The van der Waals surface area contributed by atoms with Crippen molar-refractivity contribution in [3.8, 4) is 0 Å². The molecule has 6 rings (SSSR count). The molecule has 0 atom stereocenters. The third kappa shape index (κ3) is 5.78. The van der Waals surface area contributed by atoms with Crippen LogP contribution in [0.2, 0.25) is 0 Å². The van der Waals surface area contributed by atoms with Crippen LogP contribution in [0.4, 0.5) is 34.1 Å². The van der Waals surface area contributed by atoms with Crippen LogP contribution in [0, 0.1) is 0 Å². The van der Waals surface area contributed by atoms with E-state index in [1.54, 1.807) is 0 Å². The lowest BCUT2D eigenvalue weighted by Gasteiger charge is -2.07. The molecular weight excluding hydrogens is 516 g/mol. The van der Waals surface area contributed by atoms with Gasteiger partial charge in [0, 0.05) is 47.0 Å². The Hall–Kier alpha value is -5.62. The predicted octanol–water partition coefficient (Wildman–Crippen LogP) is 11.1. The van der Waals surface area contributed by atoms with Gasteiger partial charge in [-0.05, 0) is 59.7 Å². The number of nitrogens with one attached hydrogen (secondary N) is 2. The summed E-state index contributed by atoms with van der Waals surface area (Å²) in [5.74, 6) is 0. The summed E-state index contributed by atoms with van der Waals surface area (Å²) in [6.45, 7) is 0. The Morgan fingerprint density at radius 3 is 1.17 bits per heavy atom. The van der Waals surface area contributed by atoms with Crippen molar-refractivity contribution >= 4 is 67.8 Å². The van der Waals surface area contributed by atoms with Crippen LogP contribution in [0.5, 0.6) is 0 Å². The quantitative estimate of drug-likeness (QED) is 0.147. The van der Waals surface area contributed by atoms with Gasteiger partial charge in [-0.3, -0.25) is 0 Å². The zero-order chi connectivity index (χ0) is 28.7. The van der Waals surface area contributed by atoms with Gasteiger partial charge < -0.3 is 10.6 Å². The van der Waals surface area contributed by atoms with E-state index in [1.807, 2.05) is 111 Å². The average Bonchev–Trinajstić information content (AvgIpc) is 3.06. The van der Waals surface area contributed by atoms with E-state index >= 15 is 0 Å². The topological polar surface area (TPSA) is 73.5 Å². The molecule has 42 heavy (non-hydrogen) atoms. The van der Waals surface area contributed by atoms with E-state index in [0.717, 1.165) is 66.8 Å². The first-order valence-electron chi connectivity index (χ1n) is 13.8. The fraction of sp³-hybridized carbons (Fsp3) is 0.0556. The maximum absolute atomic E-state index is 4.53. The van der Waals surface area contributed by atoms with Gasteiger partial charge in [0.25, 0.3) is 0 Å². The smallest absolute Gasteiger partial charge is 0.0936 e. The van der Waals surface area contributed by atoms with E-state index in [0.29, 0.717) is 0 Å². The molecule has 204 valence electrons. The molecule has 0 amide bonds. The van der Waals surface area contributed by atoms with Gasteiger partial charge in [0.05, 0.1) is 22.7 Å². The second-order valence-electron chi connectivity index (χ2n) is 9.77. The van der Waals surface area contributed by atoms with Crippen molar-refractivity contribution in [1.82, 2.24) is 0 Å². The highest BCUT2D eigenvalue weighted by atomic mass is 15.1. The van der Waals surface area contributed by atoms with Gasteiger partial charge in [-0.15, -0.1) is 10.2 Å².